The summed E-state index contributed by atoms with van der Waals surface area (Å²) in [5, 5.41) is 13.1. The summed E-state index contributed by atoms with van der Waals surface area (Å²) in [6, 6.07) is 6.28. The predicted octanol–water partition coefficient (Wildman–Crippen LogP) is 2.53. The minimum absolute atomic E-state index is 0.0122. The van der Waals surface area contributed by atoms with E-state index in [-0.39, 0.29) is 35.3 Å². The molecule has 31 heavy (non-hydrogen) atoms. The SMILES string of the molecule is CNC(=O)c1nn(Cc2ccccc2C(F)F)c2c1CN(c1cn[nH]c(=O)c1Cl)CC2. The van der Waals surface area contributed by atoms with E-state index in [0.29, 0.717) is 29.8 Å². The Morgan fingerprint density at radius 2 is 2.13 bits per heavy atom. The van der Waals surface area contributed by atoms with Crippen LogP contribution in [-0.2, 0) is 19.5 Å². The summed E-state index contributed by atoms with van der Waals surface area (Å²) < 4.78 is 28.4. The Balaban J connectivity index is 1.74. The molecule has 4 rings (SSSR count). The molecular weight excluding hydrogens is 430 g/mol. The van der Waals surface area contributed by atoms with Gasteiger partial charge in [0.2, 0.25) is 0 Å². The molecule has 2 N–H and O–H groups in total. The Labute approximate surface area is 180 Å². The molecule has 1 aliphatic rings. The van der Waals surface area contributed by atoms with Crippen molar-refractivity contribution in [3.05, 3.63) is 73.9 Å². The molecule has 162 valence electrons. The molecule has 2 aromatic heterocycles. The van der Waals surface area contributed by atoms with E-state index in [1.54, 1.807) is 22.9 Å². The van der Waals surface area contributed by atoms with E-state index in [9.17, 15) is 18.4 Å². The highest BCUT2D eigenvalue weighted by Gasteiger charge is 2.29. The number of anilines is 1. The molecule has 1 aromatic carbocycles. The number of carbonyl (C=O) groups is 1. The summed E-state index contributed by atoms with van der Waals surface area (Å²) >= 11 is 6.15. The van der Waals surface area contributed by atoms with E-state index in [2.05, 4.69) is 20.6 Å². The van der Waals surface area contributed by atoms with Gasteiger partial charge in [0.05, 0.1) is 18.4 Å². The maximum Gasteiger partial charge on any atom is 0.285 e. The number of nitrogens with one attached hydrogen (secondary N) is 2. The lowest BCUT2D eigenvalue weighted by Crippen LogP contribution is -2.33. The van der Waals surface area contributed by atoms with Crippen molar-refractivity contribution in [2.24, 2.45) is 0 Å². The van der Waals surface area contributed by atoms with Gasteiger partial charge in [-0.3, -0.25) is 14.3 Å². The number of fused-ring (bicyclic) bond motifs is 1. The van der Waals surface area contributed by atoms with E-state index < -0.39 is 12.0 Å². The number of hydrogen-bond acceptors (Lipinski definition) is 5. The summed E-state index contributed by atoms with van der Waals surface area (Å²) in [5.41, 5.74) is 1.99. The number of amides is 1. The van der Waals surface area contributed by atoms with Gasteiger partial charge >= 0.3 is 0 Å². The summed E-state index contributed by atoms with van der Waals surface area (Å²) in [4.78, 5) is 26.1. The van der Waals surface area contributed by atoms with Crippen LogP contribution in [0, 0.1) is 0 Å². The van der Waals surface area contributed by atoms with Crippen LogP contribution in [0.2, 0.25) is 5.02 Å². The Bertz CT molecular complexity index is 1190. The molecule has 0 saturated carbocycles. The third-order valence-corrected chi connectivity index (χ3v) is 5.67. The zero-order valence-electron chi connectivity index (χ0n) is 16.5. The fourth-order valence-electron chi connectivity index (χ4n) is 3.78. The lowest BCUT2D eigenvalue weighted by atomic mass is 10.0. The van der Waals surface area contributed by atoms with Gasteiger partial charge in [0, 0.05) is 43.4 Å². The van der Waals surface area contributed by atoms with E-state index in [4.69, 9.17) is 11.6 Å². The number of rotatable bonds is 5. The topological polar surface area (TPSA) is 95.9 Å². The summed E-state index contributed by atoms with van der Waals surface area (Å²) in [5.74, 6) is -0.380. The molecule has 0 bridgehead atoms. The molecule has 8 nitrogen and oxygen atoms in total. The molecule has 3 aromatic rings. The number of aromatic amines is 1. The first-order valence-corrected chi connectivity index (χ1v) is 9.93. The van der Waals surface area contributed by atoms with Crippen LogP contribution in [0.4, 0.5) is 14.5 Å². The Morgan fingerprint density at radius 3 is 2.87 bits per heavy atom. The second-order valence-corrected chi connectivity index (χ2v) is 7.46. The first-order valence-electron chi connectivity index (χ1n) is 9.55. The van der Waals surface area contributed by atoms with Gasteiger partial charge in [-0.25, -0.2) is 13.9 Å². The fraction of sp³-hybridized carbons (Fsp3) is 0.300. The summed E-state index contributed by atoms with van der Waals surface area (Å²) in [7, 11) is 1.50. The van der Waals surface area contributed by atoms with Crippen LogP contribution in [-0.4, -0.2) is 39.5 Å². The first kappa shape index (κ1) is 21.0. The van der Waals surface area contributed by atoms with Gasteiger partial charge < -0.3 is 10.2 Å². The Kier molecular flexibility index (Phi) is 5.73. The molecule has 0 unspecified atom stereocenters. The number of H-pyrrole nitrogens is 1. The zero-order valence-corrected chi connectivity index (χ0v) is 17.3. The lowest BCUT2D eigenvalue weighted by Gasteiger charge is -2.29. The number of benzene rings is 1. The molecule has 0 spiro atoms. The number of halogens is 3. The monoisotopic (exact) mass is 448 g/mol. The van der Waals surface area contributed by atoms with Crippen molar-refractivity contribution in [1.82, 2.24) is 25.3 Å². The van der Waals surface area contributed by atoms with Crippen molar-refractivity contribution in [1.29, 1.82) is 0 Å². The first-order chi connectivity index (χ1) is 14.9. The molecule has 0 saturated heterocycles. The van der Waals surface area contributed by atoms with Crippen molar-refractivity contribution < 1.29 is 13.6 Å². The van der Waals surface area contributed by atoms with Crippen molar-refractivity contribution in [2.75, 3.05) is 18.5 Å². The maximum atomic E-state index is 13.4. The van der Waals surface area contributed by atoms with E-state index in [1.165, 1.54) is 19.3 Å². The minimum atomic E-state index is -2.61. The smallest absolute Gasteiger partial charge is 0.285 e. The average Bonchev–Trinajstić information content (AvgIpc) is 3.13. The molecule has 0 atom stereocenters. The van der Waals surface area contributed by atoms with E-state index >= 15 is 0 Å². The third-order valence-electron chi connectivity index (χ3n) is 5.30. The number of hydrogen-bond donors (Lipinski definition) is 2. The molecular formula is C20H19ClF2N6O2. The molecule has 1 amide bonds. The Hall–Kier alpha value is -3.27. The highest BCUT2D eigenvalue weighted by Crippen LogP contribution is 2.30. The zero-order chi connectivity index (χ0) is 22.1. The molecule has 0 radical (unpaired) electrons. The lowest BCUT2D eigenvalue weighted by molar-refractivity contribution is 0.0956. The van der Waals surface area contributed by atoms with Gasteiger partial charge in [0.1, 0.15) is 5.02 Å². The second kappa shape index (κ2) is 8.46. The van der Waals surface area contributed by atoms with Crippen LogP contribution in [0.15, 0.2) is 35.3 Å². The van der Waals surface area contributed by atoms with Crippen LogP contribution in [0.25, 0.3) is 0 Å². The fourth-order valence-corrected chi connectivity index (χ4v) is 3.99. The van der Waals surface area contributed by atoms with Crippen LogP contribution >= 0.6 is 11.6 Å². The molecule has 1 aliphatic heterocycles. The second-order valence-electron chi connectivity index (χ2n) is 7.08. The van der Waals surface area contributed by atoms with Crippen LogP contribution in [0.3, 0.4) is 0 Å². The number of carbonyl (C=O) groups excluding carboxylic acids is 1. The normalized spacial score (nSPS) is 13.4. The quantitative estimate of drug-likeness (QED) is 0.625. The highest BCUT2D eigenvalue weighted by atomic mass is 35.5. The van der Waals surface area contributed by atoms with Gasteiger partial charge in [-0.2, -0.15) is 10.2 Å². The molecule has 0 aliphatic carbocycles. The standard InChI is InChI=1S/C20H19ClF2N6O2/c1-24-20(31)17-13-10-28(15-8-25-26-19(30)16(15)21)7-6-14(13)29(27-17)9-11-4-2-3-5-12(11)18(22)23/h2-5,8,18H,6-7,9-10H2,1H3,(H,24,31)(H,26,30). The number of alkyl halides is 2. The largest absolute Gasteiger partial charge is 0.364 e. The summed E-state index contributed by atoms with van der Waals surface area (Å²) in [6.07, 6.45) is -0.668. The molecule has 11 heteroatoms. The highest BCUT2D eigenvalue weighted by molar-refractivity contribution is 6.33. The Morgan fingerprint density at radius 1 is 1.35 bits per heavy atom. The average molecular weight is 449 g/mol. The van der Waals surface area contributed by atoms with E-state index in [1.807, 2.05) is 4.90 Å². The molecule has 3 heterocycles. The molecule has 0 fully saturated rings. The number of aromatic nitrogens is 4. The van der Waals surface area contributed by atoms with E-state index in [0.717, 1.165) is 5.69 Å². The van der Waals surface area contributed by atoms with Crippen molar-refractivity contribution in [3.8, 4) is 0 Å². The van der Waals surface area contributed by atoms with Gasteiger partial charge in [0.25, 0.3) is 17.9 Å². The van der Waals surface area contributed by atoms with Crippen molar-refractivity contribution in [3.63, 3.8) is 0 Å². The van der Waals surface area contributed by atoms with Gasteiger partial charge in [-0.05, 0) is 5.56 Å². The van der Waals surface area contributed by atoms with Gasteiger partial charge in [-0.1, -0.05) is 35.9 Å². The van der Waals surface area contributed by atoms with Crippen LogP contribution in [0.5, 0.6) is 0 Å². The van der Waals surface area contributed by atoms with Crippen LogP contribution < -0.4 is 15.8 Å². The predicted molar refractivity (Wildman–Crippen MR) is 111 cm³/mol. The maximum absolute atomic E-state index is 13.4. The minimum Gasteiger partial charge on any atom is -0.364 e. The van der Waals surface area contributed by atoms with Crippen molar-refractivity contribution >= 4 is 23.2 Å². The van der Waals surface area contributed by atoms with Gasteiger partial charge in [0.15, 0.2) is 5.69 Å². The third kappa shape index (κ3) is 3.90. The van der Waals surface area contributed by atoms with Crippen molar-refractivity contribution in [2.45, 2.75) is 25.9 Å². The summed E-state index contributed by atoms with van der Waals surface area (Å²) in [6.45, 7) is 0.889. The van der Waals surface area contributed by atoms with Gasteiger partial charge in [-0.15, -0.1) is 0 Å². The van der Waals surface area contributed by atoms with Crippen LogP contribution in [0.1, 0.15) is 39.3 Å². The number of nitrogens with zero attached hydrogens (tertiary/aromatic N) is 4.